The van der Waals surface area contributed by atoms with E-state index in [0.29, 0.717) is 29.2 Å². The van der Waals surface area contributed by atoms with Crippen LogP contribution in [-0.4, -0.2) is 36.4 Å². The quantitative estimate of drug-likeness (QED) is 0.672. The number of carbonyl (C=O) groups is 2. The second kappa shape index (κ2) is 9.73. The Kier molecular flexibility index (Phi) is 7.09. The van der Waals surface area contributed by atoms with Gasteiger partial charge >= 0.3 is 0 Å². The van der Waals surface area contributed by atoms with Gasteiger partial charge in [0.15, 0.2) is 0 Å². The summed E-state index contributed by atoms with van der Waals surface area (Å²) in [7, 11) is 0. The van der Waals surface area contributed by atoms with Crippen LogP contribution in [0, 0.1) is 0 Å². The average Bonchev–Trinajstić information content (AvgIpc) is 2.73. The van der Waals surface area contributed by atoms with Gasteiger partial charge in [0.05, 0.1) is 23.4 Å². The van der Waals surface area contributed by atoms with Crippen molar-refractivity contribution in [1.82, 2.24) is 4.90 Å². The van der Waals surface area contributed by atoms with Gasteiger partial charge in [0.2, 0.25) is 0 Å². The fourth-order valence-corrected chi connectivity index (χ4v) is 3.61. The lowest BCUT2D eigenvalue weighted by Crippen LogP contribution is -2.36. The summed E-state index contributed by atoms with van der Waals surface area (Å²) in [5.74, 6) is 0.195. The zero-order valence-corrected chi connectivity index (χ0v) is 17.6. The molecule has 3 rings (SSSR count). The maximum atomic E-state index is 13.0. The average molecular weight is 445 g/mol. The molecule has 2 amide bonds. The second-order valence-electron chi connectivity index (χ2n) is 6.84. The van der Waals surface area contributed by atoms with E-state index < -0.39 is 0 Å². The zero-order chi connectivity index (χ0) is 19.9. The van der Waals surface area contributed by atoms with Crippen LogP contribution < -0.4 is 10.1 Å². The summed E-state index contributed by atoms with van der Waals surface area (Å²) in [6.45, 7) is 4.08. The molecule has 1 aliphatic heterocycles. The van der Waals surface area contributed by atoms with Gasteiger partial charge in [-0.3, -0.25) is 9.59 Å². The Bertz CT molecular complexity index is 847. The summed E-state index contributed by atoms with van der Waals surface area (Å²) in [5.41, 5.74) is 1.47. The van der Waals surface area contributed by atoms with Crippen LogP contribution in [0.15, 0.2) is 46.9 Å². The molecule has 0 spiro atoms. The van der Waals surface area contributed by atoms with Crippen molar-refractivity contribution >= 4 is 33.4 Å². The predicted molar refractivity (Wildman–Crippen MR) is 114 cm³/mol. The Morgan fingerprint density at radius 3 is 2.57 bits per heavy atom. The van der Waals surface area contributed by atoms with E-state index in [-0.39, 0.29) is 11.8 Å². The number of amides is 2. The van der Waals surface area contributed by atoms with Crippen molar-refractivity contribution in [2.75, 3.05) is 25.0 Å². The molecular weight excluding hydrogens is 420 g/mol. The van der Waals surface area contributed by atoms with Crippen LogP contribution in [0.2, 0.25) is 0 Å². The van der Waals surface area contributed by atoms with Crippen molar-refractivity contribution in [3.8, 4) is 5.75 Å². The highest BCUT2D eigenvalue weighted by molar-refractivity contribution is 9.10. The zero-order valence-electron chi connectivity index (χ0n) is 16.0. The minimum atomic E-state index is -0.300. The molecule has 1 heterocycles. The van der Waals surface area contributed by atoms with E-state index in [1.807, 2.05) is 30.0 Å². The normalized spacial score (nSPS) is 13.9. The number of nitrogens with one attached hydrogen (secondary N) is 1. The van der Waals surface area contributed by atoms with Crippen LogP contribution in [0.4, 0.5) is 5.69 Å². The number of benzene rings is 2. The second-order valence-corrected chi connectivity index (χ2v) is 7.76. The van der Waals surface area contributed by atoms with Crippen LogP contribution in [0.1, 0.15) is 53.3 Å². The third-order valence-electron chi connectivity index (χ3n) is 4.70. The van der Waals surface area contributed by atoms with Crippen LogP contribution in [-0.2, 0) is 0 Å². The fourth-order valence-electron chi connectivity index (χ4n) is 3.25. The lowest BCUT2D eigenvalue weighted by Gasteiger charge is -2.27. The monoisotopic (exact) mass is 444 g/mol. The summed E-state index contributed by atoms with van der Waals surface area (Å²) < 4.78 is 6.51. The number of halogens is 1. The van der Waals surface area contributed by atoms with Gasteiger partial charge in [0.1, 0.15) is 5.75 Å². The number of hydrogen-bond acceptors (Lipinski definition) is 3. The predicted octanol–water partition coefficient (Wildman–Crippen LogP) is 5.12. The maximum Gasteiger partial charge on any atom is 0.259 e. The number of nitrogens with zero attached hydrogens (tertiary/aromatic N) is 1. The summed E-state index contributed by atoms with van der Waals surface area (Å²) in [6.07, 6.45) is 4.06. The van der Waals surface area contributed by atoms with Crippen molar-refractivity contribution in [3.63, 3.8) is 0 Å². The van der Waals surface area contributed by atoms with Gasteiger partial charge in [-0.1, -0.05) is 35.0 Å². The lowest BCUT2D eigenvalue weighted by atomic mass is 10.1. The van der Waals surface area contributed by atoms with E-state index in [2.05, 4.69) is 21.2 Å². The van der Waals surface area contributed by atoms with Crippen LogP contribution in [0.5, 0.6) is 5.75 Å². The van der Waals surface area contributed by atoms with Crippen LogP contribution in [0.25, 0.3) is 0 Å². The molecule has 28 heavy (non-hydrogen) atoms. The first-order chi connectivity index (χ1) is 13.6. The van der Waals surface area contributed by atoms with E-state index in [1.54, 1.807) is 24.3 Å². The Morgan fingerprint density at radius 2 is 1.82 bits per heavy atom. The van der Waals surface area contributed by atoms with Crippen molar-refractivity contribution in [2.45, 2.75) is 32.6 Å². The largest absolute Gasteiger partial charge is 0.493 e. The van der Waals surface area contributed by atoms with Gasteiger partial charge in [-0.05, 0) is 56.0 Å². The molecule has 0 atom stereocenters. The van der Waals surface area contributed by atoms with Gasteiger partial charge in [-0.15, -0.1) is 0 Å². The van der Waals surface area contributed by atoms with E-state index in [9.17, 15) is 9.59 Å². The number of para-hydroxylation sites is 1. The molecule has 0 saturated carbocycles. The lowest BCUT2D eigenvalue weighted by molar-refractivity contribution is 0.0725. The van der Waals surface area contributed by atoms with Crippen molar-refractivity contribution in [2.24, 2.45) is 0 Å². The number of anilines is 1. The van der Waals surface area contributed by atoms with E-state index in [0.717, 1.165) is 43.2 Å². The van der Waals surface area contributed by atoms with Crippen LogP contribution in [0.3, 0.4) is 0 Å². The van der Waals surface area contributed by atoms with Crippen molar-refractivity contribution in [3.05, 3.63) is 58.1 Å². The molecule has 0 radical (unpaired) electrons. The third kappa shape index (κ3) is 4.93. The first kappa shape index (κ1) is 20.4. The van der Waals surface area contributed by atoms with Gasteiger partial charge < -0.3 is 15.0 Å². The molecule has 1 fully saturated rings. The van der Waals surface area contributed by atoms with E-state index in [1.165, 1.54) is 0 Å². The first-order valence-corrected chi connectivity index (χ1v) is 10.5. The molecule has 1 aliphatic rings. The number of rotatable bonds is 6. The molecule has 2 aromatic rings. The minimum absolute atomic E-state index is 0.0349. The Labute approximate surface area is 174 Å². The highest BCUT2D eigenvalue weighted by Crippen LogP contribution is 2.26. The fraction of sp³-hybridized carbons (Fsp3) is 0.364. The third-order valence-corrected chi connectivity index (χ3v) is 5.19. The number of hydrogen-bond donors (Lipinski definition) is 1. The molecule has 5 nitrogen and oxygen atoms in total. The number of likely N-dealkylation sites (tertiary alicyclic amines) is 1. The van der Waals surface area contributed by atoms with Gasteiger partial charge in [-0.2, -0.15) is 0 Å². The molecule has 0 aliphatic carbocycles. The van der Waals surface area contributed by atoms with Crippen molar-refractivity contribution in [1.29, 1.82) is 0 Å². The standard InChI is InChI=1S/C22H25BrN2O3/c1-2-14-28-20-11-10-16(23)15-18(20)21(26)24-19-9-5-4-8-17(19)22(27)25-12-6-3-7-13-25/h4-5,8-11,15H,2-3,6-7,12-14H2,1H3,(H,24,26). The van der Waals surface area contributed by atoms with E-state index in [4.69, 9.17) is 4.74 Å². The molecule has 1 saturated heterocycles. The molecule has 2 aromatic carbocycles. The van der Waals surface area contributed by atoms with Gasteiger partial charge in [0.25, 0.3) is 11.8 Å². The summed E-state index contributed by atoms with van der Waals surface area (Å²) in [4.78, 5) is 27.8. The van der Waals surface area contributed by atoms with Crippen LogP contribution >= 0.6 is 15.9 Å². The highest BCUT2D eigenvalue weighted by Gasteiger charge is 2.22. The van der Waals surface area contributed by atoms with Gasteiger partial charge in [0, 0.05) is 17.6 Å². The first-order valence-electron chi connectivity index (χ1n) is 9.72. The van der Waals surface area contributed by atoms with Gasteiger partial charge in [-0.25, -0.2) is 0 Å². The van der Waals surface area contributed by atoms with Crippen molar-refractivity contribution < 1.29 is 14.3 Å². The summed E-state index contributed by atoms with van der Waals surface area (Å²) in [6, 6.07) is 12.5. The SMILES string of the molecule is CCCOc1ccc(Br)cc1C(=O)Nc1ccccc1C(=O)N1CCCCC1. The number of ether oxygens (including phenoxy) is 1. The summed E-state index contributed by atoms with van der Waals surface area (Å²) in [5, 5.41) is 2.90. The molecule has 0 aromatic heterocycles. The Balaban J connectivity index is 1.83. The number of piperidine rings is 1. The molecule has 6 heteroatoms. The minimum Gasteiger partial charge on any atom is -0.493 e. The highest BCUT2D eigenvalue weighted by atomic mass is 79.9. The Morgan fingerprint density at radius 1 is 1.07 bits per heavy atom. The van der Waals surface area contributed by atoms with E-state index >= 15 is 0 Å². The Hall–Kier alpha value is -2.34. The molecule has 148 valence electrons. The summed E-state index contributed by atoms with van der Waals surface area (Å²) >= 11 is 3.41. The smallest absolute Gasteiger partial charge is 0.259 e. The molecular formula is C22H25BrN2O3. The molecule has 1 N–H and O–H groups in total. The molecule has 0 unspecified atom stereocenters. The molecule has 0 bridgehead atoms. The topological polar surface area (TPSA) is 58.6 Å². The maximum absolute atomic E-state index is 13.0. The number of carbonyl (C=O) groups excluding carboxylic acids is 2.